The minimum atomic E-state index is -0.832. The maximum absolute atomic E-state index is 11.8. The van der Waals surface area contributed by atoms with E-state index >= 15 is 0 Å². The van der Waals surface area contributed by atoms with Crippen molar-refractivity contribution in [3.63, 3.8) is 0 Å². The normalized spacial score (nSPS) is 19.6. The first kappa shape index (κ1) is 19.3. The summed E-state index contributed by atoms with van der Waals surface area (Å²) in [5, 5.41) is 33.9. The maximum atomic E-state index is 11.8. The molecule has 1 fully saturated rings. The molecule has 0 radical (unpaired) electrons. The van der Waals surface area contributed by atoms with Crippen molar-refractivity contribution in [1.82, 2.24) is 20.6 Å². The smallest absolute Gasteiger partial charge is 0.307 e. The van der Waals surface area contributed by atoms with Gasteiger partial charge in [-0.3, -0.25) is 4.79 Å². The van der Waals surface area contributed by atoms with Gasteiger partial charge in [0.1, 0.15) is 0 Å². The summed E-state index contributed by atoms with van der Waals surface area (Å²) in [6.07, 6.45) is 3.38. The molecule has 3 atom stereocenters. The molecule has 8 heteroatoms. The molecule has 2 aromatic rings. The van der Waals surface area contributed by atoms with E-state index in [1.807, 2.05) is 25.1 Å². The van der Waals surface area contributed by atoms with Crippen LogP contribution in [0.5, 0.6) is 0 Å². The number of carbonyl (C=O) groups is 1. The van der Waals surface area contributed by atoms with Crippen LogP contribution in [-0.2, 0) is 11.2 Å². The van der Waals surface area contributed by atoms with Crippen LogP contribution < -0.4 is 4.90 Å². The van der Waals surface area contributed by atoms with E-state index < -0.39 is 11.9 Å². The van der Waals surface area contributed by atoms with Gasteiger partial charge in [0.05, 0.1) is 12.0 Å². The minimum absolute atomic E-state index is 0.296. The Morgan fingerprint density at radius 3 is 2.96 bits per heavy atom. The Morgan fingerprint density at radius 1 is 1.44 bits per heavy atom. The Hall–Kier alpha value is -2.48. The van der Waals surface area contributed by atoms with E-state index in [0.29, 0.717) is 25.2 Å². The average molecular weight is 373 g/mol. The number of nitrogens with zero attached hydrogens (tertiary/aromatic N) is 4. The highest BCUT2D eigenvalue weighted by Gasteiger charge is 2.32. The van der Waals surface area contributed by atoms with Gasteiger partial charge in [-0.1, -0.05) is 30.7 Å². The molecule has 1 saturated heterocycles. The van der Waals surface area contributed by atoms with E-state index in [4.69, 9.17) is 0 Å². The molecule has 0 aliphatic carbocycles. The van der Waals surface area contributed by atoms with E-state index in [9.17, 15) is 15.0 Å². The number of aliphatic hydroxyl groups is 1. The van der Waals surface area contributed by atoms with Crippen LogP contribution in [0.3, 0.4) is 0 Å². The number of rotatable bonds is 8. The summed E-state index contributed by atoms with van der Waals surface area (Å²) in [4.78, 5) is 14.0. The molecular formula is C19H27N5O3. The number of β-amino-alcohol motifs (C(OH)–C–C–N with tert-alkyl or cyclic N) is 1. The predicted molar refractivity (Wildman–Crippen MR) is 101 cm³/mol. The molecule has 1 aromatic carbocycles. The number of nitrogens with one attached hydrogen (secondary N) is 1. The average Bonchev–Trinajstić information content (AvgIpc) is 3.19. The van der Waals surface area contributed by atoms with Crippen LogP contribution in [0.2, 0.25) is 0 Å². The summed E-state index contributed by atoms with van der Waals surface area (Å²) in [5.74, 6) is -1.30. The van der Waals surface area contributed by atoms with Crippen LogP contribution in [0.4, 0.5) is 5.69 Å². The molecule has 0 bridgehead atoms. The summed E-state index contributed by atoms with van der Waals surface area (Å²) >= 11 is 0. The van der Waals surface area contributed by atoms with E-state index in [1.54, 1.807) is 0 Å². The molecule has 1 aliphatic rings. The topological polar surface area (TPSA) is 115 Å². The summed E-state index contributed by atoms with van der Waals surface area (Å²) in [5.41, 5.74) is 2.09. The number of hydrogen-bond acceptors (Lipinski definition) is 6. The lowest BCUT2D eigenvalue weighted by Gasteiger charge is -2.32. The van der Waals surface area contributed by atoms with Gasteiger partial charge in [0.25, 0.3) is 0 Å². The number of benzene rings is 1. The first-order chi connectivity index (χ1) is 13.1. The highest BCUT2D eigenvalue weighted by atomic mass is 16.4. The lowest BCUT2D eigenvalue weighted by Crippen LogP contribution is -2.38. The molecule has 1 aromatic heterocycles. The van der Waals surface area contributed by atoms with Crippen LogP contribution in [0.15, 0.2) is 24.3 Å². The fraction of sp³-hybridized carbons (Fsp3) is 0.579. The van der Waals surface area contributed by atoms with Crippen molar-refractivity contribution < 1.29 is 15.0 Å². The van der Waals surface area contributed by atoms with Crippen molar-refractivity contribution in [3.05, 3.63) is 35.7 Å². The third-order valence-electron chi connectivity index (χ3n) is 5.22. The molecular weight excluding hydrogens is 346 g/mol. The van der Waals surface area contributed by atoms with E-state index in [2.05, 4.69) is 31.6 Å². The number of carboxylic acids is 1. The fourth-order valence-electron chi connectivity index (χ4n) is 3.87. The summed E-state index contributed by atoms with van der Waals surface area (Å²) in [7, 11) is 0. The van der Waals surface area contributed by atoms with Gasteiger partial charge in [-0.25, -0.2) is 0 Å². The highest BCUT2D eigenvalue weighted by Crippen LogP contribution is 2.31. The molecule has 0 saturated carbocycles. The quantitative estimate of drug-likeness (QED) is 0.648. The molecule has 2 heterocycles. The predicted octanol–water partition coefficient (Wildman–Crippen LogP) is 1.99. The van der Waals surface area contributed by atoms with Gasteiger partial charge in [0.2, 0.25) is 0 Å². The number of H-pyrrole nitrogens is 1. The Kier molecular flexibility index (Phi) is 6.39. The standard InChI is InChI=1S/C19H27N5O3/c1-2-5-16(19(26)27)17(18-20-22-23-21-18)11-13-6-3-7-14(10-13)24-9-4-8-15(25)12-24/h3,6-7,10,15-17,25H,2,4-5,8-9,11-12H2,1H3,(H,26,27)(H,20,21,22,23). The lowest BCUT2D eigenvalue weighted by atomic mass is 9.83. The second-order valence-electron chi connectivity index (χ2n) is 7.23. The second-order valence-corrected chi connectivity index (χ2v) is 7.23. The minimum Gasteiger partial charge on any atom is -0.481 e. The van der Waals surface area contributed by atoms with Crippen LogP contribution in [0.25, 0.3) is 0 Å². The zero-order chi connectivity index (χ0) is 19.2. The van der Waals surface area contributed by atoms with Crippen molar-refractivity contribution in [3.8, 4) is 0 Å². The van der Waals surface area contributed by atoms with E-state index in [-0.39, 0.29) is 12.0 Å². The number of hydrogen-bond donors (Lipinski definition) is 3. The van der Waals surface area contributed by atoms with Gasteiger partial charge in [0, 0.05) is 24.7 Å². The molecule has 0 spiro atoms. The number of aromatic nitrogens is 4. The Bertz CT molecular complexity index is 737. The molecule has 27 heavy (non-hydrogen) atoms. The zero-order valence-corrected chi connectivity index (χ0v) is 15.6. The van der Waals surface area contributed by atoms with Crippen molar-refractivity contribution in [2.75, 3.05) is 18.0 Å². The fourth-order valence-corrected chi connectivity index (χ4v) is 3.87. The number of aliphatic carboxylic acids is 1. The van der Waals surface area contributed by atoms with E-state index in [1.165, 1.54) is 0 Å². The monoisotopic (exact) mass is 373 g/mol. The van der Waals surface area contributed by atoms with Crippen LogP contribution >= 0.6 is 0 Å². The summed E-state index contributed by atoms with van der Waals surface area (Å²) in [6.45, 7) is 3.53. The molecule has 3 N–H and O–H groups in total. The lowest BCUT2D eigenvalue weighted by molar-refractivity contribution is -0.142. The first-order valence-electron chi connectivity index (χ1n) is 9.56. The Balaban J connectivity index is 1.83. The Morgan fingerprint density at radius 2 is 2.30 bits per heavy atom. The van der Waals surface area contributed by atoms with Gasteiger partial charge in [-0.15, -0.1) is 10.2 Å². The molecule has 146 valence electrons. The van der Waals surface area contributed by atoms with Gasteiger partial charge in [-0.05, 0) is 43.4 Å². The van der Waals surface area contributed by atoms with Gasteiger partial charge in [-0.2, -0.15) is 5.21 Å². The zero-order valence-electron chi connectivity index (χ0n) is 15.6. The SMILES string of the molecule is CCCC(C(=O)O)C(Cc1cccc(N2CCCC(O)C2)c1)c1nn[nH]n1. The van der Waals surface area contributed by atoms with Crippen molar-refractivity contribution in [1.29, 1.82) is 0 Å². The highest BCUT2D eigenvalue weighted by molar-refractivity contribution is 5.71. The number of anilines is 1. The maximum Gasteiger partial charge on any atom is 0.307 e. The van der Waals surface area contributed by atoms with Gasteiger partial charge in [0.15, 0.2) is 5.82 Å². The third kappa shape index (κ3) is 4.82. The Labute approximate surface area is 158 Å². The molecule has 3 unspecified atom stereocenters. The van der Waals surface area contributed by atoms with Crippen molar-refractivity contribution in [2.24, 2.45) is 5.92 Å². The second kappa shape index (κ2) is 8.94. The molecule has 0 amide bonds. The van der Waals surface area contributed by atoms with Crippen LogP contribution in [0, 0.1) is 5.92 Å². The number of carboxylic acid groups (broad SMARTS) is 1. The third-order valence-corrected chi connectivity index (χ3v) is 5.22. The van der Waals surface area contributed by atoms with Crippen molar-refractivity contribution in [2.45, 2.75) is 51.0 Å². The molecule has 1 aliphatic heterocycles. The number of tetrazole rings is 1. The summed E-state index contributed by atoms with van der Waals surface area (Å²) in [6, 6.07) is 8.10. The van der Waals surface area contributed by atoms with E-state index in [0.717, 1.165) is 37.1 Å². The summed E-state index contributed by atoms with van der Waals surface area (Å²) < 4.78 is 0. The molecule has 8 nitrogen and oxygen atoms in total. The van der Waals surface area contributed by atoms with Gasteiger partial charge >= 0.3 is 5.97 Å². The number of aromatic amines is 1. The van der Waals surface area contributed by atoms with Crippen LogP contribution in [-0.4, -0.2) is 56.0 Å². The van der Waals surface area contributed by atoms with Gasteiger partial charge < -0.3 is 15.1 Å². The number of aliphatic hydroxyl groups excluding tert-OH is 1. The largest absolute Gasteiger partial charge is 0.481 e. The first-order valence-corrected chi connectivity index (χ1v) is 9.56. The van der Waals surface area contributed by atoms with Crippen molar-refractivity contribution >= 4 is 11.7 Å². The van der Waals surface area contributed by atoms with Crippen LogP contribution in [0.1, 0.15) is 49.9 Å². The molecule has 3 rings (SSSR count). The number of piperidine rings is 1.